The molecule has 0 bridgehead atoms. The molecule has 2 aromatic heterocycles. The zero-order valence-electron chi connectivity index (χ0n) is 18.6. The lowest BCUT2D eigenvalue weighted by Crippen LogP contribution is -2.53. The molecule has 4 heterocycles. The standard InChI is InChI=1S/C25H22ClF2N5O2/c1-2-19(34)33-9-6-25(7-10-33)13-30-24(35)20-22(31-14-3-4-16(26)17(27)11-14)21(32-23(20)25)15-5-8-29-12-18(15)28/h2-5,8,11-12,31-32H,1,6-7,9-10,13H2,(H,30,35). The molecular formula is C25H22ClF2N5O2. The first-order valence-electron chi connectivity index (χ1n) is 11.1. The second-order valence-corrected chi connectivity index (χ2v) is 9.13. The smallest absolute Gasteiger partial charge is 0.255 e. The average molecular weight is 498 g/mol. The van der Waals surface area contributed by atoms with Crippen LogP contribution in [-0.2, 0) is 10.2 Å². The van der Waals surface area contributed by atoms with Crippen molar-refractivity contribution in [3.63, 3.8) is 0 Å². The van der Waals surface area contributed by atoms with Gasteiger partial charge in [-0.3, -0.25) is 14.6 Å². The number of rotatable bonds is 4. The monoisotopic (exact) mass is 497 g/mol. The van der Waals surface area contributed by atoms with Crippen LogP contribution >= 0.6 is 11.6 Å². The Kier molecular flexibility index (Phi) is 5.80. The molecule has 0 radical (unpaired) electrons. The number of carbonyl (C=O) groups excluding carboxylic acids is 2. The van der Waals surface area contributed by atoms with Crippen molar-refractivity contribution in [1.29, 1.82) is 0 Å². The summed E-state index contributed by atoms with van der Waals surface area (Å²) in [4.78, 5) is 34.1. The Labute approximate surface area is 205 Å². The SMILES string of the molecule is C=CC(=O)N1CCC2(CC1)CNC(=O)c1c2[nH]c(-c2ccncc2F)c1Nc1ccc(Cl)c(F)c1. The predicted molar refractivity (Wildman–Crippen MR) is 129 cm³/mol. The van der Waals surface area contributed by atoms with Gasteiger partial charge in [0.1, 0.15) is 5.82 Å². The largest absolute Gasteiger partial charge is 0.355 e. The van der Waals surface area contributed by atoms with Crippen molar-refractivity contribution in [2.24, 2.45) is 0 Å². The van der Waals surface area contributed by atoms with E-state index < -0.39 is 17.0 Å². The molecule has 1 saturated heterocycles. The van der Waals surface area contributed by atoms with Crippen molar-refractivity contribution >= 4 is 34.8 Å². The Morgan fingerprint density at radius 2 is 2.00 bits per heavy atom. The van der Waals surface area contributed by atoms with Crippen LogP contribution in [0.15, 0.2) is 49.3 Å². The van der Waals surface area contributed by atoms with E-state index in [1.807, 2.05) is 0 Å². The van der Waals surface area contributed by atoms with E-state index in [1.54, 1.807) is 11.0 Å². The molecule has 2 aliphatic rings. The molecule has 7 nitrogen and oxygen atoms in total. The van der Waals surface area contributed by atoms with Gasteiger partial charge in [0, 0.05) is 48.2 Å². The number of halogens is 3. The van der Waals surface area contributed by atoms with E-state index in [0.717, 1.165) is 6.20 Å². The number of aromatic nitrogens is 2. The maximum atomic E-state index is 14.8. The summed E-state index contributed by atoms with van der Waals surface area (Å²) in [7, 11) is 0. The van der Waals surface area contributed by atoms with E-state index in [2.05, 4.69) is 27.2 Å². The van der Waals surface area contributed by atoms with Gasteiger partial charge in [0.15, 0.2) is 5.82 Å². The normalized spacial score (nSPS) is 16.5. The van der Waals surface area contributed by atoms with E-state index in [9.17, 15) is 18.4 Å². The summed E-state index contributed by atoms with van der Waals surface area (Å²) in [5.41, 5.74) is 1.76. The van der Waals surface area contributed by atoms with Gasteiger partial charge in [0.25, 0.3) is 5.91 Å². The maximum absolute atomic E-state index is 14.8. The number of hydrogen-bond acceptors (Lipinski definition) is 4. The molecule has 1 aromatic carbocycles. The molecule has 2 amide bonds. The minimum Gasteiger partial charge on any atom is -0.355 e. The fourth-order valence-electron chi connectivity index (χ4n) is 4.89. The number of aromatic amines is 1. The third kappa shape index (κ3) is 3.95. The van der Waals surface area contributed by atoms with Gasteiger partial charge in [-0.25, -0.2) is 8.78 Å². The molecule has 180 valence electrons. The molecule has 3 aromatic rings. The van der Waals surface area contributed by atoms with Gasteiger partial charge in [-0.05, 0) is 43.2 Å². The molecular weight excluding hydrogens is 476 g/mol. The summed E-state index contributed by atoms with van der Waals surface area (Å²) in [6.45, 7) is 4.91. The maximum Gasteiger partial charge on any atom is 0.255 e. The Morgan fingerprint density at radius 1 is 1.23 bits per heavy atom. The van der Waals surface area contributed by atoms with Crippen LogP contribution in [0.3, 0.4) is 0 Å². The summed E-state index contributed by atoms with van der Waals surface area (Å²) in [5, 5.41) is 6.03. The molecule has 0 atom stereocenters. The van der Waals surface area contributed by atoms with Crippen LogP contribution in [-0.4, -0.2) is 46.3 Å². The lowest BCUT2D eigenvalue weighted by Gasteiger charge is -2.43. The summed E-state index contributed by atoms with van der Waals surface area (Å²) < 4.78 is 29.0. The van der Waals surface area contributed by atoms with Crippen molar-refractivity contribution in [2.45, 2.75) is 18.3 Å². The Balaban J connectivity index is 1.64. The second kappa shape index (κ2) is 8.81. The Morgan fingerprint density at radius 3 is 2.69 bits per heavy atom. The van der Waals surface area contributed by atoms with Crippen LogP contribution < -0.4 is 10.6 Å². The van der Waals surface area contributed by atoms with Gasteiger partial charge < -0.3 is 20.5 Å². The first kappa shape index (κ1) is 23.0. The summed E-state index contributed by atoms with van der Waals surface area (Å²) in [6, 6.07) is 5.70. The van der Waals surface area contributed by atoms with Crippen molar-refractivity contribution in [2.75, 3.05) is 25.0 Å². The topological polar surface area (TPSA) is 90.1 Å². The molecule has 0 unspecified atom stereocenters. The van der Waals surface area contributed by atoms with Gasteiger partial charge in [0.2, 0.25) is 5.91 Å². The fourth-order valence-corrected chi connectivity index (χ4v) is 5.00. The average Bonchev–Trinajstić information content (AvgIpc) is 3.24. The fraction of sp³-hybridized carbons (Fsp3) is 0.240. The molecule has 35 heavy (non-hydrogen) atoms. The van der Waals surface area contributed by atoms with Crippen LogP contribution in [0.4, 0.5) is 20.2 Å². The molecule has 2 aliphatic heterocycles. The van der Waals surface area contributed by atoms with Gasteiger partial charge in [-0.15, -0.1) is 0 Å². The van der Waals surface area contributed by atoms with Crippen LogP contribution in [0.2, 0.25) is 5.02 Å². The molecule has 1 spiro atoms. The van der Waals surface area contributed by atoms with Crippen molar-refractivity contribution < 1.29 is 18.4 Å². The third-order valence-electron chi connectivity index (χ3n) is 6.78. The third-order valence-corrected chi connectivity index (χ3v) is 7.09. The van der Waals surface area contributed by atoms with Crippen LogP contribution in [0.5, 0.6) is 0 Å². The zero-order valence-corrected chi connectivity index (χ0v) is 19.4. The highest BCUT2D eigenvalue weighted by atomic mass is 35.5. The van der Waals surface area contributed by atoms with E-state index >= 15 is 0 Å². The van der Waals surface area contributed by atoms with Crippen LogP contribution in [0, 0.1) is 11.6 Å². The van der Waals surface area contributed by atoms with Crippen molar-refractivity contribution in [3.05, 3.63) is 77.2 Å². The number of hydrogen-bond donors (Lipinski definition) is 3. The number of anilines is 2. The highest BCUT2D eigenvalue weighted by Gasteiger charge is 2.45. The number of benzene rings is 1. The molecule has 5 rings (SSSR count). The summed E-state index contributed by atoms with van der Waals surface area (Å²) >= 11 is 5.83. The Hall–Kier alpha value is -3.72. The summed E-state index contributed by atoms with van der Waals surface area (Å²) in [5.74, 6) is -1.67. The minimum absolute atomic E-state index is 0.0374. The van der Waals surface area contributed by atoms with Gasteiger partial charge in [-0.2, -0.15) is 0 Å². The number of carbonyl (C=O) groups is 2. The number of nitrogens with one attached hydrogen (secondary N) is 3. The molecule has 0 saturated carbocycles. The van der Waals surface area contributed by atoms with Crippen molar-refractivity contribution in [3.8, 4) is 11.3 Å². The Bertz CT molecular complexity index is 1350. The van der Waals surface area contributed by atoms with E-state index in [0.29, 0.717) is 60.8 Å². The minimum atomic E-state index is -0.627. The molecule has 10 heteroatoms. The number of piperidine rings is 1. The van der Waals surface area contributed by atoms with Gasteiger partial charge >= 0.3 is 0 Å². The molecule has 0 aliphatic carbocycles. The molecule has 3 N–H and O–H groups in total. The molecule has 1 fully saturated rings. The van der Waals surface area contributed by atoms with Gasteiger partial charge in [0.05, 0.1) is 28.2 Å². The van der Waals surface area contributed by atoms with Crippen molar-refractivity contribution in [1.82, 2.24) is 20.2 Å². The van der Waals surface area contributed by atoms with E-state index in [4.69, 9.17) is 11.6 Å². The van der Waals surface area contributed by atoms with E-state index in [-0.39, 0.29) is 22.4 Å². The predicted octanol–water partition coefficient (Wildman–Crippen LogP) is 4.54. The number of pyridine rings is 1. The van der Waals surface area contributed by atoms with Crippen LogP contribution in [0.1, 0.15) is 28.9 Å². The second-order valence-electron chi connectivity index (χ2n) is 8.73. The number of amides is 2. The number of fused-ring (bicyclic) bond motifs is 2. The quantitative estimate of drug-likeness (QED) is 0.462. The number of nitrogens with zero attached hydrogens (tertiary/aromatic N) is 2. The zero-order chi connectivity index (χ0) is 24.7. The highest BCUT2D eigenvalue weighted by molar-refractivity contribution is 6.30. The lowest BCUT2D eigenvalue weighted by atomic mass is 9.72. The lowest BCUT2D eigenvalue weighted by molar-refractivity contribution is -0.127. The van der Waals surface area contributed by atoms with Gasteiger partial charge in [-0.1, -0.05) is 18.2 Å². The van der Waals surface area contributed by atoms with E-state index in [1.165, 1.54) is 30.5 Å². The number of likely N-dealkylation sites (tertiary alicyclic amines) is 1. The highest BCUT2D eigenvalue weighted by Crippen LogP contribution is 2.46. The first-order valence-corrected chi connectivity index (χ1v) is 11.5. The first-order chi connectivity index (χ1) is 16.8. The number of H-pyrrole nitrogens is 1. The summed E-state index contributed by atoms with van der Waals surface area (Å²) in [6.07, 6.45) is 5.02. The van der Waals surface area contributed by atoms with Crippen LogP contribution in [0.25, 0.3) is 11.3 Å².